The molecule has 1 aromatic rings. The number of unbranched alkanes of at least 4 members (excludes halogenated alkanes) is 2. The van der Waals surface area contributed by atoms with Crippen LogP contribution in [0, 0.1) is 5.92 Å². The van der Waals surface area contributed by atoms with Gasteiger partial charge in [0.05, 0.1) is 7.11 Å². The van der Waals surface area contributed by atoms with Crippen LogP contribution in [-0.2, 0) is 6.54 Å². The normalized spacial score (nSPS) is 10.8. The fourth-order valence-corrected chi connectivity index (χ4v) is 2.38. The van der Waals surface area contributed by atoms with Crippen LogP contribution in [-0.4, -0.2) is 13.7 Å². The Morgan fingerprint density at radius 1 is 0.917 bits per heavy atom. The maximum atomic E-state index is 5.14. The Balaban J connectivity index is 0. The quantitative estimate of drug-likeness (QED) is 0.505. The predicted octanol–water partition coefficient (Wildman–Crippen LogP) is 6.83. The summed E-state index contributed by atoms with van der Waals surface area (Å²) >= 11 is 0. The van der Waals surface area contributed by atoms with Crippen molar-refractivity contribution in [3.63, 3.8) is 0 Å². The summed E-state index contributed by atoms with van der Waals surface area (Å²) in [7, 11) is 1.70. The maximum absolute atomic E-state index is 5.14. The first-order valence-corrected chi connectivity index (χ1v) is 10.0. The van der Waals surface area contributed by atoms with Crippen molar-refractivity contribution >= 4 is 0 Å². The number of nitrogens with one attached hydrogen (secondary N) is 1. The molecule has 24 heavy (non-hydrogen) atoms. The van der Waals surface area contributed by atoms with E-state index in [9.17, 15) is 0 Å². The van der Waals surface area contributed by atoms with Crippen LogP contribution in [0.5, 0.6) is 5.75 Å². The molecule has 2 heteroatoms. The number of rotatable bonds is 10. The molecule has 1 N–H and O–H groups in total. The summed E-state index contributed by atoms with van der Waals surface area (Å²) in [6, 6.07) is 8.26. The van der Waals surface area contributed by atoms with Crippen LogP contribution in [0.25, 0.3) is 0 Å². The minimum Gasteiger partial charge on any atom is -0.497 e. The lowest BCUT2D eigenvalue weighted by Gasteiger charge is -2.14. The molecule has 0 radical (unpaired) electrons. The Morgan fingerprint density at radius 3 is 1.88 bits per heavy atom. The fraction of sp³-hybridized carbons (Fsp3) is 0.727. The lowest BCUT2D eigenvalue weighted by Crippen LogP contribution is -2.22. The first kappa shape index (κ1) is 25.2. The van der Waals surface area contributed by atoms with E-state index in [1.54, 1.807) is 7.11 Å². The van der Waals surface area contributed by atoms with Gasteiger partial charge in [0.2, 0.25) is 0 Å². The summed E-state index contributed by atoms with van der Waals surface area (Å²) in [5.41, 5.74) is 1.32. The Labute approximate surface area is 152 Å². The molecule has 0 aliphatic carbocycles. The molecule has 0 saturated heterocycles. The highest BCUT2D eigenvalue weighted by atomic mass is 16.5. The zero-order valence-corrected chi connectivity index (χ0v) is 17.5. The molecular formula is C22H43NO. The molecule has 0 amide bonds. The molecule has 2 nitrogen and oxygen atoms in total. The number of ether oxygens (including phenoxy) is 1. The number of hydrogen-bond acceptors (Lipinski definition) is 2. The van der Waals surface area contributed by atoms with Crippen molar-refractivity contribution < 1.29 is 4.74 Å². The summed E-state index contributed by atoms with van der Waals surface area (Å²) in [5.74, 6) is 1.74. The minimum atomic E-state index is 0.818. The van der Waals surface area contributed by atoms with Crippen LogP contribution < -0.4 is 10.1 Å². The van der Waals surface area contributed by atoms with Crippen molar-refractivity contribution in [1.82, 2.24) is 5.32 Å². The van der Waals surface area contributed by atoms with Gasteiger partial charge < -0.3 is 10.1 Å². The van der Waals surface area contributed by atoms with Gasteiger partial charge in [0.1, 0.15) is 5.75 Å². The van der Waals surface area contributed by atoms with E-state index in [-0.39, 0.29) is 0 Å². The molecule has 0 spiro atoms. The van der Waals surface area contributed by atoms with Gasteiger partial charge >= 0.3 is 0 Å². The molecule has 1 atom stereocenters. The summed E-state index contributed by atoms with van der Waals surface area (Å²) < 4.78 is 5.14. The van der Waals surface area contributed by atoms with E-state index in [4.69, 9.17) is 4.74 Å². The lowest BCUT2D eigenvalue weighted by atomic mass is 10.0. The second kappa shape index (κ2) is 20.0. The number of methoxy groups -OCH3 is 1. The molecule has 0 fully saturated rings. The molecule has 1 rings (SSSR count). The van der Waals surface area contributed by atoms with Gasteiger partial charge in [0.15, 0.2) is 0 Å². The Hall–Kier alpha value is -1.02. The van der Waals surface area contributed by atoms with Crippen LogP contribution in [0.4, 0.5) is 0 Å². The molecule has 0 aliphatic heterocycles. The molecular weight excluding hydrogens is 294 g/mol. The molecule has 0 bridgehead atoms. The summed E-state index contributed by atoms with van der Waals surface area (Å²) in [6.45, 7) is 15.0. The highest BCUT2D eigenvalue weighted by molar-refractivity contribution is 5.26. The highest BCUT2D eigenvalue weighted by Crippen LogP contribution is 2.12. The van der Waals surface area contributed by atoms with E-state index in [1.165, 1.54) is 44.1 Å². The van der Waals surface area contributed by atoms with Gasteiger partial charge in [-0.05, 0) is 36.6 Å². The second-order valence-corrected chi connectivity index (χ2v) is 5.90. The van der Waals surface area contributed by atoms with Crippen molar-refractivity contribution in [2.75, 3.05) is 13.7 Å². The van der Waals surface area contributed by atoms with Crippen molar-refractivity contribution in [1.29, 1.82) is 0 Å². The largest absolute Gasteiger partial charge is 0.497 e. The topological polar surface area (TPSA) is 21.3 Å². The first-order chi connectivity index (χ1) is 11.7. The Morgan fingerprint density at radius 2 is 1.50 bits per heavy atom. The average molecular weight is 338 g/mol. The smallest absolute Gasteiger partial charge is 0.118 e. The van der Waals surface area contributed by atoms with Gasteiger partial charge in [0, 0.05) is 6.54 Å². The van der Waals surface area contributed by atoms with E-state index in [1.807, 2.05) is 26.0 Å². The predicted molar refractivity (Wildman–Crippen MR) is 110 cm³/mol. The van der Waals surface area contributed by atoms with Gasteiger partial charge in [-0.3, -0.25) is 0 Å². The first-order valence-electron chi connectivity index (χ1n) is 10.0. The van der Waals surface area contributed by atoms with E-state index in [2.05, 4.69) is 45.1 Å². The van der Waals surface area contributed by atoms with Gasteiger partial charge in [-0.15, -0.1) is 0 Å². The maximum Gasteiger partial charge on any atom is 0.118 e. The van der Waals surface area contributed by atoms with E-state index < -0.39 is 0 Å². The van der Waals surface area contributed by atoms with Crippen molar-refractivity contribution in [2.24, 2.45) is 5.92 Å². The zero-order valence-electron chi connectivity index (χ0n) is 17.5. The summed E-state index contributed by atoms with van der Waals surface area (Å²) in [6.07, 6.45) is 7.95. The van der Waals surface area contributed by atoms with Gasteiger partial charge in [0.25, 0.3) is 0 Å². The minimum absolute atomic E-state index is 0.818. The third-order valence-corrected chi connectivity index (χ3v) is 3.90. The molecule has 0 aromatic heterocycles. The van der Waals surface area contributed by atoms with E-state index in [0.717, 1.165) is 24.8 Å². The zero-order chi connectivity index (χ0) is 18.6. The molecule has 1 aromatic carbocycles. The van der Waals surface area contributed by atoms with Gasteiger partial charge in [-0.2, -0.15) is 0 Å². The Kier molecular flexibility index (Phi) is 21.0. The molecule has 1 unspecified atom stereocenters. The molecule has 0 saturated carbocycles. The molecule has 0 heterocycles. The van der Waals surface area contributed by atoms with E-state index >= 15 is 0 Å². The van der Waals surface area contributed by atoms with Gasteiger partial charge in [-0.25, -0.2) is 0 Å². The third-order valence-electron chi connectivity index (χ3n) is 3.90. The van der Waals surface area contributed by atoms with Crippen molar-refractivity contribution in [2.45, 2.75) is 86.6 Å². The molecule has 0 aliphatic rings. The van der Waals surface area contributed by atoms with Gasteiger partial charge in [-0.1, -0.05) is 85.8 Å². The number of hydrogen-bond donors (Lipinski definition) is 1. The molecule has 142 valence electrons. The van der Waals surface area contributed by atoms with Crippen LogP contribution >= 0.6 is 0 Å². The van der Waals surface area contributed by atoms with Crippen LogP contribution in [0.2, 0.25) is 0 Å². The lowest BCUT2D eigenvalue weighted by molar-refractivity contribution is 0.414. The Bertz CT molecular complexity index is 332. The SMILES string of the molecule is CC.CCCC(CC)CNCc1ccc(OC)cc1.CCCCC. The van der Waals surface area contributed by atoms with Crippen LogP contribution in [0.3, 0.4) is 0 Å². The highest BCUT2D eigenvalue weighted by Gasteiger charge is 2.04. The van der Waals surface area contributed by atoms with Crippen LogP contribution in [0.1, 0.15) is 85.6 Å². The van der Waals surface area contributed by atoms with E-state index in [0.29, 0.717) is 0 Å². The second-order valence-electron chi connectivity index (χ2n) is 5.90. The third kappa shape index (κ3) is 14.6. The van der Waals surface area contributed by atoms with Crippen molar-refractivity contribution in [3.8, 4) is 5.75 Å². The summed E-state index contributed by atoms with van der Waals surface area (Å²) in [5, 5.41) is 3.53. The average Bonchev–Trinajstić information content (AvgIpc) is 2.64. The summed E-state index contributed by atoms with van der Waals surface area (Å²) in [4.78, 5) is 0. The standard InChI is InChI=1S/C15H25NO.C5H12.C2H6/c1-4-6-13(5-2)11-16-12-14-7-9-15(17-3)10-8-14;1-3-5-4-2;1-2/h7-10,13,16H,4-6,11-12H2,1-3H3;3-5H2,1-2H3;1-2H3. The van der Waals surface area contributed by atoms with Crippen LogP contribution in [0.15, 0.2) is 24.3 Å². The van der Waals surface area contributed by atoms with Crippen molar-refractivity contribution in [3.05, 3.63) is 29.8 Å². The monoisotopic (exact) mass is 337 g/mol. The number of benzene rings is 1. The fourth-order valence-electron chi connectivity index (χ4n) is 2.38.